The van der Waals surface area contributed by atoms with E-state index in [-0.39, 0.29) is 18.2 Å². The van der Waals surface area contributed by atoms with Crippen molar-refractivity contribution in [2.75, 3.05) is 0 Å². The van der Waals surface area contributed by atoms with Crippen LogP contribution in [0.15, 0.2) is 42.7 Å². The van der Waals surface area contributed by atoms with Crippen molar-refractivity contribution in [3.05, 3.63) is 65.5 Å². The van der Waals surface area contributed by atoms with Crippen LogP contribution in [0.25, 0.3) is 0 Å². The van der Waals surface area contributed by atoms with Crippen LogP contribution in [0.1, 0.15) is 24.1 Å². The van der Waals surface area contributed by atoms with Gasteiger partial charge in [-0.05, 0) is 36.8 Å². The Morgan fingerprint density at radius 1 is 1.33 bits per heavy atom. The lowest BCUT2D eigenvalue weighted by molar-refractivity contribution is 0.237. The van der Waals surface area contributed by atoms with Crippen molar-refractivity contribution >= 4 is 6.03 Å². The van der Waals surface area contributed by atoms with Crippen molar-refractivity contribution in [3.8, 4) is 0 Å². The molecule has 2 amide bonds. The molecular formula is C15H15F2N3O. The minimum Gasteiger partial charge on any atom is -0.334 e. The summed E-state index contributed by atoms with van der Waals surface area (Å²) in [7, 11) is 0. The number of nitrogens with zero attached hydrogens (tertiary/aromatic N) is 1. The second-order valence-corrected chi connectivity index (χ2v) is 4.57. The van der Waals surface area contributed by atoms with E-state index in [4.69, 9.17) is 0 Å². The van der Waals surface area contributed by atoms with E-state index in [9.17, 15) is 13.6 Å². The van der Waals surface area contributed by atoms with Crippen LogP contribution >= 0.6 is 0 Å². The van der Waals surface area contributed by atoms with Crippen LogP contribution in [-0.2, 0) is 6.54 Å². The molecule has 1 atom stereocenters. The molecule has 1 unspecified atom stereocenters. The Labute approximate surface area is 121 Å². The summed E-state index contributed by atoms with van der Waals surface area (Å²) in [5.41, 5.74) is 0.948. The number of rotatable bonds is 4. The van der Waals surface area contributed by atoms with Gasteiger partial charge in [-0.25, -0.2) is 13.6 Å². The van der Waals surface area contributed by atoms with Gasteiger partial charge in [0.05, 0.1) is 6.04 Å². The molecule has 0 aliphatic heterocycles. The summed E-state index contributed by atoms with van der Waals surface area (Å²) >= 11 is 0. The Hall–Kier alpha value is -2.50. The molecule has 1 aromatic heterocycles. The Morgan fingerprint density at radius 2 is 2.14 bits per heavy atom. The van der Waals surface area contributed by atoms with Gasteiger partial charge in [0.25, 0.3) is 0 Å². The monoisotopic (exact) mass is 291 g/mol. The SMILES string of the molecule is CC(NC(=O)NCc1cc(F)ccc1F)c1cccnc1. The average Bonchev–Trinajstić information content (AvgIpc) is 2.49. The molecule has 0 aliphatic rings. The quantitative estimate of drug-likeness (QED) is 0.910. The molecule has 2 rings (SSSR count). The molecule has 2 aromatic rings. The van der Waals surface area contributed by atoms with E-state index in [1.807, 2.05) is 6.07 Å². The zero-order valence-electron chi connectivity index (χ0n) is 11.4. The molecule has 0 spiro atoms. The maximum Gasteiger partial charge on any atom is 0.315 e. The van der Waals surface area contributed by atoms with Gasteiger partial charge in [-0.3, -0.25) is 4.98 Å². The first-order valence-corrected chi connectivity index (χ1v) is 6.44. The minimum atomic E-state index is -0.558. The number of urea groups is 1. The highest BCUT2D eigenvalue weighted by molar-refractivity contribution is 5.74. The van der Waals surface area contributed by atoms with Gasteiger partial charge in [-0.15, -0.1) is 0 Å². The Kier molecular flexibility index (Phi) is 4.81. The molecule has 6 heteroatoms. The second-order valence-electron chi connectivity index (χ2n) is 4.57. The number of amides is 2. The third kappa shape index (κ3) is 4.24. The van der Waals surface area contributed by atoms with Crippen molar-refractivity contribution in [3.63, 3.8) is 0 Å². The summed E-state index contributed by atoms with van der Waals surface area (Å²) in [5, 5.41) is 5.18. The molecule has 0 saturated heterocycles. The zero-order chi connectivity index (χ0) is 15.2. The smallest absolute Gasteiger partial charge is 0.315 e. The van der Waals surface area contributed by atoms with E-state index >= 15 is 0 Å². The van der Waals surface area contributed by atoms with E-state index in [1.165, 1.54) is 0 Å². The molecule has 1 heterocycles. The predicted octanol–water partition coefficient (Wildman–Crippen LogP) is 2.92. The zero-order valence-corrected chi connectivity index (χ0v) is 11.4. The number of carbonyl (C=O) groups excluding carboxylic acids is 1. The van der Waals surface area contributed by atoms with Gasteiger partial charge in [0.1, 0.15) is 11.6 Å². The topological polar surface area (TPSA) is 54.0 Å². The number of carbonyl (C=O) groups is 1. The summed E-state index contributed by atoms with van der Waals surface area (Å²) in [6, 6.07) is 6.02. The lowest BCUT2D eigenvalue weighted by Crippen LogP contribution is -2.36. The van der Waals surface area contributed by atoms with Crippen LogP contribution < -0.4 is 10.6 Å². The van der Waals surface area contributed by atoms with Crippen molar-refractivity contribution in [2.45, 2.75) is 19.5 Å². The molecule has 110 valence electrons. The van der Waals surface area contributed by atoms with Crippen molar-refractivity contribution in [1.82, 2.24) is 15.6 Å². The molecule has 0 fully saturated rings. The van der Waals surface area contributed by atoms with Crippen LogP contribution in [0.3, 0.4) is 0 Å². The summed E-state index contributed by atoms with van der Waals surface area (Å²) < 4.78 is 26.4. The highest BCUT2D eigenvalue weighted by Crippen LogP contribution is 2.11. The standard InChI is InChI=1S/C15H15F2N3O/c1-10(11-3-2-6-18-8-11)20-15(21)19-9-12-7-13(16)4-5-14(12)17/h2-8,10H,9H2,1H3,(H2,19,20,21). The van der Waals surface area contributed by atoms with E-state index in [0.29, 0.717) is 0 Å². The van der Waals surface area contributed by atoms with Crippen LogP contribution in [0, 0.1) is 11.6 Å². The summed E-state index contributed by atoms with van der Waals surface area (Å²) in [6.07, 6.45) is 3.29. The fourth-order valence-electron chi connectivity index (χ4n) is 1.82. The van der Waals surface area contributed by atoms with Crippen LogP contribution in [-0.4, -0.2) is 11.0 Å². The van der Waals surface area contributed by atoms with E-state index in [2.05, 4.69) is 15.6 Å². The number of pyridine rings is 1. The van der Waals surface area contributed by atoms with Crippen LogP contribution in [0.2, 0.25) is 0 Å². The van der Waals surface area contributed by atoms with Gasteiger partial charge in [-0.2, -0.15) is 0 Å². The number of hydrogen-bond acceptors (Lipinski definition) is 2. The molecule has 4 nitrogen and oxygen atoms in total. The highest BCUT2D eigenvalue weighted by atomic mass is 19.1. The largest absolute Gasteiger partial charge is 0.334 e. The number of hydrogen-bond donors (Lipinski definition) is 2. The Morgan fingerprint density at radius 3 is 2.86 bits per heavy atom. The lowest BCUT2D eigenvalue weighted by Gasteiger charge is -2.14. The third-order valence-electron chi connectivity index (χ3n) is 2.98. The molecule has 0 saturated carbocycles. The summed E-state index contributed by atoms with van der Waals surface area (Å²) in [6.45, 7) is 1.72. The fourth-order valence-corrected chi connectivity index (χ4v) is 1.82. The minimum absolute atomic E-state index is 0.0881. The molecular weight excluding hydrogens is 276 g/mol. The van der Waals surface area contributed by atoms with E-state index in [1.54, 1.807) is 25.4 Å². The van der Waals surface area contributed by atoms with Gasteiger partial charge in [0.15, 0.2) is 0 Å². The Balaban J connectivity index is 1.89. The first kappa shape index (κ1) is 14.9. The first-order valence-electron chi connectivity index (χ1n) is 6.44. The van der Waals surface area contributed by atoms with E-state index < -0.39 is 17.7 Å². The highest BCUT2D eigenvalue weighted by Gasteiger charge is 2.10. The van der Waals surface area contributed by atoms with Crippen molar-refractivity contribution in [1.29, 1.82) is 0 Å². The Bertz CT molecular complexity index is 620. The van der Waals surface area contributed by atoms with Gasteiger partial charge in [0, 0.05) is 24.5 Å². The number of aromatic nitrogens is 1. The van der Waals surface area contributed by atoms with Gasteiger partial charge in [0.2, 0.25) is 0 Å². The number of nitrogens with one attached hydrogen (secondary N) is 2. The molecule has 21 heavy (non-hydrogen) atoms. The van der Waals surface area contributed by atoms with Gasteiger partial charge < -0.3 is 10.6 Å². The normalized spacial score (nSPS) is 11.8. The van der Waals surface area contributed by atoms with E-state index in [0.717, 1.165) is 23.8 Å². The van der Waals surface area contributed by atoms with Crippen molar-refractivity contribution < 1.29 is 13.6 Å². The summed E-state index contributed by atoms with van der Waals surface area (Å²) in [5.74, 6) is -1.10. The molecule has 0 radical (unpaired) electrons. The average molecular weight is 291 g/mol. The first-order chi connectivity index (χ1) is 10.1. The third-order valence-corrected chi connectivity index (χ3v) is 2.98. The molecule has 1 aromatic carbocycles. The number of benzene rings is 1. The lowest BCUT2D eigenvalue weighted by atomic mass is 10.1. The van der Waals surface area contributed by atoms with Crippen LogP contribution in [0.5, 0.6) is 0 Å². The number of halogens is 2. The summed E-state index contributed by atoms with van der Waals surface area (Å²) in [4.78, 5) is 15.7. The maximum atomic E-state index is 13.4. The maximum absolute atomic E-state index is 13.4. The van der Waals surface area contributed by atoms with Crippen molar-refractivity contribution in [2.24, 2.45) is 0 Å². The molecule has 0 bridgehead atoms. The second kappa shape index (κ2) is 6.78. The molecule has 2 N–H and O–H groups in total. The van der Waals surface area contributed by atoms with Gasteiger partial charge in [-0.1, -0.05) is 6.07 Å². The molecule has 0 aliphatic carbocycles. The fraction of sp³-hybridized carbons (Fsp3) is 0.200. The predicted molar refractivity (Wildman–Crippen MR) is 74.4 cm³/mol. The van der Waals surface area contributed by atoms with Crippen LogP contribution in [0.4, 0.5) is 13.6 Å². The van der Waals surface area contributed by atoms with Gasteiger partial charge >= 0.3 is 6.03 Å².